The van der Waals surface area contributed by atoms with Crippen molar-refractivity contribution in [2.45, 2.75) is 18.9 Å². The molecule has 1 atom stereocenters. The molecule has 0 bridgehead atoms. The van der Waals surface area contributed by atoms with Crippen molar-refractivity contribution in [2.24, 2.45) is 0 Å². The average Bonchev–Trinajstić information content (AvgIpc) is 3.51. The minimum atomic E-state index is 0.205. The van der Waals surface area contributed by atoms with Crippen molar-refractivity contribution in [2.75, 3.05) is 32.1 Å². The maximum absolute atomic E-state index is 6.10. The third-order valence-corrected chi connectivity index (χ3v) is 7.21. The summed E-state index contributed by atoms with van der Waals surface area (Å²) in [5, 5.41) is 7.58. The highest BCUT2D eigenvalue weighted by Gasteiger charge is 2.26. The number of aromatic nitrogens is 2. The quantitative estimate of drug-likeness (QED) is 0.349. The number of halogens is 1. The molecule has 2 aromatic heterocycles. The smallest absolute Gasteiger partial charge is 0.138 e. The molecular formula is C25H25ClN4OS. The number of likely N-dealkylation sites (tertiary alicyclic amines) is 1. The van der Waals surface area contributed by atoms with Crippen molar-refractivity contribution in [3.63, 3.8) is 0 Å². The fraction of sp³-hybridized carbons (Fsp3) is 0.280. The fourth-order valence-electron chi connectivity index (χ4n) is 4.48. The van der Waals surface area contributed by atoms with E-state index in [2.05, 4.69) is 37.7 Å². The van der Waals surface area contributed by atoms with Crippen LogP contribution in [0, 0.1) is 0 Å². The molecule has 4 aromatic rings. The standard InChI is InChI=1S/C25H25ClN4OS/c1-31-22-7-3-2-6-19(22)21(30-12-4-5-13-30)14-27-24-23-20(15-32-25(23)29-16-28-24)17-8-10-18(26)11-9-17/h2-3,6-11,15-16,21H,4-5,12-14H2,1H3,(H,27,28,29)/t21-/m0/s1. The zero-order chi connectivity index (χ0) is 21.9. The normalized spacial score (nSPS) is 15.2. The van der Waals surface area contributed by atoms with Crippen LogP contribution in [0.2, 0.25) is 5.02 Å². The molecular weight excluding hydrogens is 440 g/mol. The molecule has 7 heteroatoms. The number of rotatable bonds is 7. The number of para-hydroxylation sites is 1. The van der Waals surface area contributed by atoms with Crippen molar-refractivity contribution in [1.29, 1.82) is 0 Å². The summed E-state index contributed by atoms with van der Waals surface area (Å²) in [4.78, 5) is 12.6. The molecule has 1 aliphatic heterocycles. The van der Waals surface area contributed by atoms with Crippen LogP contribution in [-0.4, -0.2) is 41.6 Å². The van der Waals surface area contributed by atoms with Gasteiger partial charge in [0, 0.05) is 28.1 Å². The first kappa shape index (κ1) is 21.2. The van der Waals surface area contributed by atoms with E-state index in [1.807, 2.05) is 36.4 Å². The van der Waals surface area contributed by atoms with Gasteiger partial charge in [-0.2, -0.15) is 0 Å². The fourth-order valence-corrected chi connectivity index (χ4v) is 5.52. The van der Waals surface area contributed by atoms with Crippen LogP contribution in [0.4, 0.5) is 5.82 Å². The molecule has 5 nitrogen and oxygen atoms in total. The van der Waals surface area contributed by atoms with Gasteiger partial charge in [-0.15, -0.1) is 11.3 Å². The Morgan fingerprint density at radius 2 is 1.88 bits per heavy atom. The van der Waals surface area contributed by atoms with Gasteiger partial charge in [0.1, 0.15) is 22.7 Å². The number of nitrogens with zero attached hydrogens (tertiary/aromatic N) is 3. The number of thiophene rings is 1. The summed E-state index contributed by atoms with van der Waals surface area (Å²) in [5.74, 6) is 1.79. The number of methoxy groups -OCH3 is 1. The topological polar surface area (TPSA) is 50.3 Å². The third kappa shape index (κ3) is 4.18. The molecule has 1 N–H and O–H groups in total. The number of fused-ring (bicyclic) bond motifs is 1. The van der Waals surface area contributed by atoms with E-state index in [-0.39, 0.29) is 6.04 Å². The highest BCUT2D eigenvalue weighted by Crippen LogP contribution is 2.38. The molecule has 1 aliphatic rings. The Kier molecular flexibility index (Phi) is 6.26. The van der Waals surface area contributed by atoms with E-state index in [9.17, 15) is 0 Å². The second kappa shape index (κ2) is 9.45. The minimum absolute atomic E-state index is 0.205. The van der Waals surface area contributed by atoms with Crippen LogP contribution in [0.15, 0.2) is 60.2 Å². The predicted octanol–water partition coefficient (Wildman–Crippen LogP) is 6.27. The Bertz CT molecular complexity index is 1200. The van der Waals surface area contributed by atoms with Crippen molar-refractivity contribution in [3.05, 3.63) is 70.8 Å². The highest BCUT2D eigenvalue weighted by molar-refractivity contribution is 7.17. The van der Waals surface area contributed by atoms with Crippen molar-refractivity contribution < 1.29 is 4.74 Å². The lowest BCUT2D eigenvalue weighted by Crippen LogP contribution is -2.31. The summed E-state index contributed by atoms with van der Waals surface area (Å²) in [6.45, 7) is 2.93. The molecule has 5 rings (SSSR count). The average molecular weight is 465 g/mol. The van der Waals surface area contributed by atoms with Gasteiger partial charge in [-0.05, 0) is 49.7 Å². The number of hydrogen-bond acceptors (Lipinski definition) is 6. The molecule has 0 unspecified atom stereocenters. The highest BCUT2D eigenvalue weighted by atomic mass is 35.5. The van der Waals surface area contributed by atoms with Crippen LogP contribution < -0.4 is 10.1 Å². The van der Waals surface area contributed by atoms with Crippen LogP contribution >= 0.6 is 22.9 Å². The van der Waals surface area contributed by atoms with Gasteiger partial charge < -0.3 is 10.1 Å². The van der Waals surface area contributed by atoms with E-state index in [1.165, 1.54) is 18.4 Å². The number of ether oxygens (including phenoxy) is 1. The Hall–Kier alpha value is -2.67. The Labute approximate surface area is 197 Å². The van der Waals surface area contributed by atoms with E-state index < -0.39 is 0 Å². The molecule has 0 amide bonds. The van der Waals surface area contributed by atoms with E-state index in [0.717, 1.165) is 57.6 Å². The first-order valence-corrected chi connectivity index (χ1v) is 12.1. The summed E-state index contributed by atoms with van der Waals surface area (Å²) >= 11 is 7.74. The molecule has 3 heterocycles. The third-order valence-electron chi connectivity index (χ3n) is 6.07. The van der Waals surface area contributed by atoms with Gasteiger partial charge in [0.2, 0.25) is 0 Å². The van der Waals surface area contributed by atoms with E-state index in [4.69, 9.17) is 16.3 Å². The summed E-state index contributed by atoms with van der Waals surface area (Å²) in [5.41, 5.74) is 3.44. The van der Waals surface area contributed by atoms with Crippen molar-refractivity contribution >= 4 is 39.0 Å². The zero-order valence-electron chi connectivity index (χ0n) is 17.9. The Balaban J connectivity index is 1.49. The molecule has 0 saturated carbocycles. The Morgan fingerprint density at radius 1 is 1.09 bits per heavy atom. The summed E-state index contributed by atoms with van der Waals surface area (Å²) < 4.78 is 5.69. The predicted molar refractivity (Wildman–Crippen MR) is 133 cm³/mol. The van der Waals surface area contributed by atoms with E-state index >= 15 is 0 Å². The Morgan fingerprint density at radius 3 is 2.66 bits per heavy atom. The summed E-state index contributed by atoms with van der Waals surface area (Å²) in [6.07, 6.45) is 4.10. The second-order valence-electron chi connectivity index (χ2n) is 7.94. The molecule has 0 aliphatic carbocycles. The largest absolute Gasteiger partial charge is 0.496 e. The number of hydrogen-bond donors (Lipinski definition) is 1. The van der Waals surface area contributed by atoms with Gasteiger partial charge in [-0.1, -0.05) is 41.9 Å². The monoisotopic (exact) mass is 464 g/mol. The lowest BCUT2D eigenvalue weighted by Gasteiger charge is -2.29. The maximum Gasteiger partial charge on any atom is 0.138 e. The van der Waals surface area contributed by atoms with Gasteiger partial charge >= 0.3 is 0 Å². The summed E-state index contributed by atoms with van der Waals surface area (Å²) in [6, 6.07) is 16.4. The minimum Gasteiger partial charge on any atom is -0.496 e. The van der Waals surface area contributed by atoms with Crippen molar-refractivity contribution in [3.8, 4) is 16.9 Å². The van der Waals surface area contributed by atoms with Crippen LogP contribution in [0.5, 0.6) is 5.75 Å². The molecule has 164 valence electrons. The number of benzene rings is 2. The van der Waals surface area contributed by atoms with E-state index in [0.29, 0.717) is 0 Å². The van der Waals surface area contributed by atoms with Gasteiger partial charge in [-0.25, -0.2) is 9.97 Å². The first-order valence-electron chi connectivity index (χ1n) is 10.8. The molecule has 1 fully saturated rings. The summed E-state index contributed by atoms with van der Waals surface area (Å²) in [7, 11) is 1.74. The van der Waals surface area contributed by atoms with Crippen LogP contribution in [0.25, 0.3) is 21.3 Å². The van der Waals surface area contributed by atoms with Crippen molar-refractivity contribution in [1.82, 2.24) is 14.9 Å². The molecule has 0 spiro atoms. The van der Waals surface area contributed by atoms with Gasteiger partial charge in [0.25, 0.3) is 0 Å². The zero-order valence-corrected chi connectivity index (χ0v) is 19.5. The molecule has 32 heavy (non-hydrogen) atoms. The lowest BCUT2D eigenvalue weighted by atomic mass is 10.0. The number of nitrogens with one attached hydrogen (secondary N) is 1. The van der Waals surface area contributed by atoms with Crippen LogP contribution in [-0.2, 0) is 0 Å². The SMILES string of the molecule is COc1ccccc1[C@H](CNc1ncnc2scc(-c3ccc(Cl)cc3)c12)N1CCCC1. The maximum atomic E-state index is 6.10. The first-order chi connectivity index (χ1) is 15.7. The van der Waals surface area contributed by atoms with Gasteiger partial charge in [0.05, 0.1) is 18.5 Å². The lowest BCUT2D eigenvalue weighted by molar-refractivity contribution is 0.249. The van der Waals surface area contributed by atoms with E-state index in [1.54, 1.807) is 24.8 Å². The van der Waals surface area contributed by atoms with Crippen LogP contribution in [0.3, 0.4) is 0 Å². The molecule has 0 radical (unpaired) electrons. The molecule has 2 aromatic carbocycles. The molecule has 1 saturated heterocycles. The number of anilines is 1. The second-order valence-corrected chi connectivity index (χ2v) is 9.23. The van der Waals surface area contributed by atoms with Gasteiger partial charge in [-0.3, -0.25) is 4.90 Å². The van der Waals surface area contributed by atoms with Crippen LogP contribution in [0.1, 0.15) is 24.4 Å². The van der Waals surface area contributed by atoms with Gasteiger partial charge in [0.15, 0.2) is 0 Å².